The SMILES string of the molecule is COCCNC(=O)NC(=O)COC(=O)c1ccc(-c2cccc(Br)c2)nc1C. The number of pyridine rings is 1. The lowest BCUT2D eigenvalue weighted by molar-refractivity contribution is -0.123. The summed E-state index contributed by atoms with van der Waals surface area (Å²) in [5, 5.41) is 4.47. The van der Waals surface area contributed by atoms with Crippen molar-refractivity contribution in [1.82, 2.24) is 15.6 Å². The van der Waals surface area contributed by atoms with Gasteiger partial charge in [-0.05, 0) is 31.2 Å². The van der Waals surface area contributed by atoms with E-state index in [-0.39, 0.29) is 12.1 Å². The molecule has 2 rings (SSSR count). The highest BCUT2D eigenvalue weighted by atomic mass is 79.9. The predicted molar refractivity (Wildman–Crippen MR) is 106 cm³/mol. The molecule has 0 aliphatic carbocycles. The van der Waals surface area contributed by atoms with E-state index in [0.717, 1.165) is 10.0 Å². The van der Waals surface area contributed by atoms with Crippen LogP contribution in [0.25, 0.3) is 11.3 Å². The van der Waals surface area contributed by atoms with E-state index in [1.54, 1.807) is 19.1 Å². The fraction of sp³-hybridized carbons (Fsp3) is 0.263. The van der Waals surface area contributed by atoms with Crippen LogP contribution in [-0.2, 0) is 14.3 Å². The molecular weight excluding hydrogens is 430 g/mol. The molecule has 1 heterocycles. The Morgan fingerprint density at radius 2 is 1.96 bits per heavy atom. The van der Waals surface area contributed by atoms with Crippen molar-refractivity contribution >= 4 is 33.8 Å². The minimum atomic E-state index is -0.736. The first-order chi connectivity index (χ1) is 13.4. The molecule has 0 aliphatic heterocycles. The summed E-state index contributed by atoms with van der Waals surface area (Å²) in [6.45, 7) is 1.67. The van der Waals surface area contributed by atoms with Crippen molar-refractivity contribution in [2.45, 2.75) is 6.92 Å². The Morgan fingerprint density at radius 3 is 2.64 bits per heavy atom. The lowest BCUT2D eigenvalue weighted by atomic mass is 10.1. The number of halogens is 1. The van der Waals surface area contributed by atoms with Gasteiger partial charge >= 0.3 is 12.0 Å². The standard InChI is InChI=1S/C19H20BrN3O5/c1-12-15(6-7-16(22-12)13-4-3-5-14(20)10-13)18(25)28-11-17(24)23-19(26)21-8-9-27-2/h3-7,10H,8-9,11H2,1-2H3,(H2,21,23,24,26). The molecule has 2 N–H and O–H groups in total. The number of hydrogen-bond donors (Lipinski definition) is 2. The van der Waals surface area contributed by atoms with Gasteiger partial charge in [0.25, 0.3) is 5.91 Å². The fourth-order valence-electron chi connectivity index (χ4n) is 2.27. The number of methoxy groups -OCH3 is 1. The molecule has 0 bridgehead atoms. The normalized spacial score (nSPS) is 10.2. The third-order valence-electron chi connectivity index (χ3n) is 3.61. The molecule has 0 unspecified atom stereocenters. The molecule has 28 heavy (non-hydrogen) atoms. The number of esters is 1. The van der Waals surface area contributed by atoms with Gasteiger partial charge in [0.15, 0.2) is 6.61 Å². The van der Waals surface area contributed by atoms with Crippen molar-refractivity contribution in [3.05, 3.63) is 52.1 Å². The average molecular weight is 450 g/mol. The molecule has 1 aromatic carbocycles. The highest BCUT2D eigenvalue weighted by molar-refractivity contribution is 9.10. The van der Waals surface area contributed by atoms with E-state index in [9.17, 15) is 14.4 Å². The number of imide groups is 1. The summed E-state index contributed by atoms with van der Waals surface area (Å²) >= 11 is 3.41. The molecule has 1 aromatic heterocycles. The highest BCUT2D eigenvalue weighted by Crippen LogP contribution is 2.22. The zero-order valence-electron chi connectivity index (χ0n) is 15.5. The van der Waals surface area contributed by atoms with Crippen molar-refractivity contribution in [3.8, 4) is 11.3 Å². The van der Waals surface area contributed by atoms with Gasteiger partial charge in [-0.2, -0.15) is 0 Å². The van der Waals surface area contributed by atoms with Crippen LogP contribution in [0.5, 0.6) is 0 Å². The second-order valence-electron chi connectivity index (χ2n) is 5.71. The van der Waals surface area contributed by atoms with Crippen molar-refractivity contribution in [3.63, 3.8) is 0 Å². The van der Waals surface area contributed by atoms with Gasteiger partial charge in [0.1, 0.15) is 0 Å². The summed E-state index contributed by atoms with van der Waals surface area (Å²) < 4.78 is 10.7. The summed E-state index contributed by atoms with van der Waals surface area (Å²) in [6.07, 6.45) is 0. The molecule has 9 heteroatoms. The third kappa shape index (κ3) is 6.43. The van der Waals surface area contributed by atoms with Crippen LogP contribution in [0.3, 0.4) is 0 Å². The van der Waals surface area contributed by atoms with E-state index in [0.29, 0.717) is 18.0 Å². The molecule has 0 fully saturated rings. The summed E-state index contributed by atoms with van der Waals surface area (Å²) in [5.74, 6) is -1.43. The second-order valence-corrected chi connectivity index (χ2v) is 6.63. The number of nitrogens with zero attached hydrogens (tertiary/aromatic N) is 1. The number of nitrogens with one attached hydrogen (secondary N) is 2. The number of aromatic nitrogens is 1. The van der Waals surface area contributed by atoms with Crippen LogP contribution in [0.2, 0.25) is 0 Å². The average Bonchev–Trinajstić information content (AvgIpc) is 2.66. The maximum absolute atomic E-state index is 12.2. The molecule has 8 nitrogen and oxygen atoms in total. The van der Waals surface area contributed by atoms with Crippen LogP contribution in [0.15, 0.2) is 40.9 Å². The molecular formula is C19H20BrN3O5. The number of carbonyl (C=O) groups excluding carboxylic acids is 3. The largest absolute Gasteiger partial charge is 0.452 e. The van der Waals surface area contributed by atoms with Gasteiger partial charge < -0.3 is 14.8 Å². The van der Waals surface area contributed by atoms with Crippen LogP contribution in [0.1, 0.15) is 16.1 Å². The lowest BCUT2D eigenvalue weighted by Crippen LogP contribution is -2.42. The molecule has 0 atom stereocenters. The number of ether oxygens (including phenoxy) is 2. The molecule has 0 radical (unpaired) electrons. The van der Waals surface area contributed by atoms with Crippen molar-refractivity contribution < 1.29 is 23.9 Å². The van der Waals surface area contributed by atoms with Gasteiger partial charge in [-0.1, -0.05) is 28.1 Å². The number of amides is 3. The van der Waals surface area contributed by atoms with Crippen LogP contribution < -0.4 is 10.6 Å². The Balaban J connectivity index is 1.92. The van der Waals surface area contributed by atoms with Gasteiger partial charge in [0.05, 0.1) is 23.6 Å². The lowest BCUT2D eigenvalue weighted by Gasteiger charge is -2.09. The smallest absolute Gasteiger partial charge is 0.340 e. The van der Waals surface area contributed by atoms with Gasteiger partial charge in [-0.3, -0.25) is 15.1 Å². The fourth-order valence-corrected chi connectivity index (χ4v) is 2.67. The topological polar surface area (TPSA) is 107 Å². The molecule has 0 aliphatic rings. The Kier molecular flexibility index (Phi) is 8.09. The minimum Gasteiger partial charge on any atom is -0.452 e. The van der Waals surface area contributed by atoms with Crippen LogP contribution in [-0.4, -0.2) is 49.8 Å². The summed E-state index contributed by atoms with van der Waals surface area (Å²) in [7, 11) is 1.49. The monoisotopic (exact) mass is 449 g/mol. The molecule has 0 saturated carbocycles. The van der Waals surface area contributed by atoms with Gasteiger partial charge in [-0.15, -0.1) is 0 Å². The Hall–Kier alpha value is -2.78. The van der Waals surface area contributed by atoms with E-state index in [1.807, 2.05) is 24.3 Å². The molecule has 2 aromatic rings. The number of urea groups is 1. The summed E-state index contributed by atoms with van der Waals surface area (Å²) in [6, 6.07) is 10.2. The summed E-state index contributed by atoms with van der Waals surface area (Å²) in [5.41, 5.74) is 2.33. The van der Waals surface area contributed by atoms with Gasteiger partial charge in [-0.25, -0.2) is 9.59 Å². The highest BCUT2D eigenvalue weighted by Gasteiger charge is 2.15. The molecule has 148 valence electrons. The number of carbonyl (C=O) groups is 3. The van der Waals surface area contributed by atoms with E-state index in [1.165, 1.54) is 7.11 Å². The number of aryl methyl sites for hydroxylation is 1. The third-order valence-corrected chi connectivity index (χ3v) is 4.10. The van der Waals surface area contributed by atoms with Crippen molar-refractivity contribution in [2.24, 2.45) is 0 Å². The molecule has 0 saturated heterocycles. The maximum Gasteiger partial charge on any atom is 0.340 e. The van der Waals surface area contributed by atoms with Crippen LogP contribution in [0.4, 0.5) is 4.79 Å². The number of rotatable bonds is 7. The first kappa shape index (κ1) is 21.5. The predicted octanol–water partition coefficient (Wildman–Crippen LogP) is 2.45. The van der Waals surface area contributed by atoms with E-state index in [2.05, 4.69) is 31.5 Å². The van der Waals surface area contributed by atoms with Crippen LogP contribution in [0, 0.1) is 6.92 Å². The molecule has 3 amide bonds. The van der Waals surface area contributed by atoms with Crippen molar-refractivity contribution in [1.29, 1.82) is 0 Å². The van der Waals surface area contributed by atoms with E-state index < -0.39 is 24.5 Å². The van der Waals surface area contributed by atoms with Crippen LogP contribution >= 0.6 is 15.9 Å². The Bertz CT molecular complexity index is 872. The quantitative estimate of drug-likeness (QED) is 0.496. The second kappa shape index (κ2) is 10.5. The summed E-state index contributed by atoms with van der Waals surface area (Å²) in [4.78, 5) is 39.7. The number of benzene rings is 1. The first-order valence-electron chi connectivity index (χ1n) is 8.38. The number of hydrogen-bond acceptors (Lipinski definition) is 6. The van der Waals surface area contributed by atoms with E-state index in [4.69, 9.17) is 9.47 Å². The van der Waals surface area contributed by atoms with Gasteiger partial charge in [0.2, 0.25) is 0 Å². The molecule has 0 spiro atoms. The Labute approximate surface area is 170 Å². The Morgan fingerprint density at radius 1 is 1.18 bits per heavy atom. The van der Waals surface area contributed by atoms with Gasteiger partial charge in [0, 0.05) is 23.7 Å². The zero-order valence-corrected chi connectivity index (χ0v) is 17.0. The zero-order chi connectivity index (χ0) is 20.5. The van der Waals surface area contributed by atoms with E-state index >= 15 is 0 Å². The first-order valence-corrected chi connectivity index (χ1v) is 9.17. The van der Waals surface area contributed by atoms with Crippen molar-refractivity contribution in [2.75, 3.05) is 26.9 Å². The maximum atomic E-state index is 12.2. The minimum absolute atomic E-state index is 0.246.